The van der Waals surface area contributed by atoms with E-state index in [1.54, 1.807) is 0 Å². The topological polar surface area (TPSA) is 57.5 Å². The molecule has 0 aromatic rings. The van der Waals surface area contributed by atoms with Gasteiger partial charge in [-0.1, -0.05) is 0 Å². The maximum absolute atomic E-state index is 8.56. The molecular formula is C9H22NO3+. The van der Waals surface area contributed by atoms with Crippen LogP contribution in [0.15, 0.2) is 0 Å². The van der Waals surface area contributed by atoms with Gasteiger partial charge in [-0.05, 0) is 27.7 Å². The van der Waals surface area contributed by atoms with E-state index in [9.17, 15) is 0 Å². The smallest absolute Gasteiger partial charge is 0.450 e. The Hall–Kier alpha value is -0.770. The minimum atomic E-state index is -1.83. The lowest BCUT2D eigenvalue weighted by molar-refractivity contribution is -0.926. The molecule has 0 aliphatic carbocycles. The van der Waals surface area contributed by atoms with Crippen molar-refractivity contribution in [3.63, 3.8) is 0 Å². The highest BCUT2D eigenvalue weighted by Gasteiger charge is 2.19. The van der Waals surface area contributed by atoms with Crippen LogP contribution in [0.2, 0.25) is 0 Å². The fourth-order valence-corrected chi connectivity index (χ4v) is 0.954. The maximum Gasteiger partial charge on any atom is 0.503 e. The molecule has 0 unspecified atom stereocenters. The Balaban J connectivity index is 0. The molecule has 0 radical (unpaired) electrons. The molecule has 0 fully saturated rings. The quantitative estimate of drug-likeness (QED) is 0.673. The highest BCUT2D eigenvalue weighted by Crippen LogP contribution is 2.07. The van der Waals surface area contributed by atoms with Crippen molar-refractivity contribution in [1.29, 1.82) is 0 Å². The van der Waals surface area contributed by atoms with Crippen molar-refractivity contribution in [3.05, 3.63) is 0 Å². The SMILES string of the molecule is CC[N+](C)(CC)C(C)C.O=C(O)O. The van der Waals surface area contributed by atoms with Gasteiger partial charge < -0.3 is 14.7 Å². The van der Waals surface area contributed by atoms with Crippen molar-refractivity contribution in [2.75, 3.05) is 20.1 Å². The first-order chi connectivity index (χ1) is 5.80. The average molecular weight is 192 g/mol. The molecule has 0 aliphatic heterocycles. The largest absolute Gasteiger partial charge is 0.503 e. The first kappa shape index (κ1) is 14.7. The minimum absolute atomic E-state index is 0.764. The number of rotatable bonds is 3. The third kappa shape index (κ3) is 7.59. The van der Waals surface area contributed by atoms with Gasteiger partial charge in [0, 0.05) is 0 Å². The van der Waals surface area contributed by atoms with Gasteiger partial charge in [0.25, 0.3) is 0 Å². The number of carboxylic acid groups (broad SMARTS) is 2. The van der Waals surface area contributed by atoms with E-state index in [4.69, 9.17) is 15.0 Å². The summed E-state index contributed by atoms with van der Waals surface area (Å²) in [7, 11) is 2.31. The molecule has 0 bridgehead atoms. The Labute approximate surface area is 80.4 Å². The zero-order valence-electron chi connectivity index (χ0n) is 9.24. The number of quaternary nitrogens is 1. The van der Waals surface area contributed by atoms with Crippen molar-refractivity contribution in [1.82, 2.24) is 0 Å². The molecule has 0 saturated carbocycles. The van der Waals surface area contributed by atoms with Gasteiger partial charge in [0.1, 0.15) is 0 Å². The van der Waals surface area contributed by atoms with Crippen LogP contribution in [-0.4, -0.2) is 47.0 Å². The lowest BCUT2D eigenvalue weighted by Gasteiger charge is -2.36. The highest BCUT2D eigenvalue weighted by atomic mass is 16.6. The monoisotopic (exact) mass is 192 g/mol. The molecule has 4 heteroatoms. The van der Waals surface area contributed by atoms with Gasteiger partial charge in [-0.25, -0.2) is 4.79 Å². The standard InChI is InChI=1S/C8H20N.CH2O3/c1-6-9(5,7-2)8(3)4;2-1(3)4/h8H,6-7H2,1-5H3;(H2,2,3,4)/q+1;. The first-order valence-electron chi connectivity index (χ1n) is 4.56. The van der Waals surface area contributed by atoms with Gasteiger partial charge in [-0.15, -0.1) is 0 Å². The molecule has 0 spiro atoms. The Bertz CT molecular complexity index is 138. The summed E-state index contributed by atoms with van der Waals surface area (Å²) < 4.78 is 1.19. The van der Waals surface area contributed by atoms with E-state index >= 15 is 0 Å². The van der Waals surface area contributed by atoms with E-state index in [0.717, 1.165) is 6.04 Å². The van der Waals surface area contributed by atoms with E-state index in [2.05, 4.69) is 34.7 Å². The number of nitrogens with zero attached hydrogens (tertiary/aromatic N) is 1. The predicted octanol–water partition coefficient (Wildman–Crippen LogP) is 2.10. The number of carbonyl (C=O) groups is 1. The maximum atomic E-state index is 8.56. The second kappa shape index (κ2) is 6.71. The van der Waals surface area contributed by atoms with Crippen LogP contribution in [0.3, 0.4) is 0 Å². The van der Waals surface area contributed by atoms with Crippen LogP contribution in [0.4, 0.5) is 4.79 Å². The van der Waals surface area contributed by atoms with Gasteiger partial charge in [-0.2, -0.15) is 0 Å². The van der Waals surface area contributed by atoms with Crippen molar-refractivity contribution < 1.29 is 19.5 Å². The van der Waals surface area contributed by atoms with Crippen LogP contribution in [0.5, 0.6) is 0 Å². The highest BCUT2D eigenvalue weighted by molar-refractivity contribution is 5.53. The summed E-state index contributed by atoms with van der Waals surface area (Å²) in [5, 5.41) is 13.9. The molecule has 0 aromatic heterocycles. The molecule has 0 rings (SSSR count). The zero-order chi connectivity index (χ0) is 11.1. The lowest BCUT2D eigenvalue weighted by Crippen LogP contribution is -2.49. The summed E-state index contributed by atoms with van der Waals surface area (Å²) in [5.74, 6) is 0. The molecule has 0 heterocycles. The second-order valence-corrected chi connectivity index (χ2v) is 3.49. The molecule has 0 amide bonds. The number of hydrogen-bond acceptors (Lipinski definition) is 1. The Morgan fingerprint density at radius 1 is 1.23 bits per heavy atom. The number of hydrogen-bond donors (Lipinski definition) is 2. The fraction of sp³-hybridized carbons (Fsp3) is 0.889. The molecule has 0 saturated heterocycles. The van der Waals surface area contributed by atoms with Gasteiger partial charge in [-0.3, -0.25) is 0 Å². The summed E-state index contributed by atoms with van der Waals surface area (Å²) in [6, 6.07) is 0.764. The van der Waals surface area contributed by atoms with Crippen LogP contribution < -0.4 is 0 Å². The van der Waals surface area contributed by atoms with E-state index in [0.29, 0.717) is 0 Å². The fourth-order valence-electron chi connectivity index (χ4n) is 0.954. The summed E-state index contributed by atoms with van der Waals surface area (Å²) in [6.07, 6.45) is -1.83. The van der Waals surface area contributed by atoms with Gasteiger partial charge in [0.05, 0.1) is 26.2 Å². The van der Waals surface area contributed by atoms with Gasteiger partial charge >= 0.3 is 6.16 Å². The molecule has 0 aromatic carbocycles. The molecule has 13 heavy (non-hydrogen) atoms. The van der Waals surface area contributed by atoms with Crippen molar-refractivity contribution in [2.45, 2.75) is 33.7 Å². The summed E-state index contributed by atoms with van der Waals surface area (Å²) in [6.45, 7) is 11.6. The molecule has 2 N–H and O–H groups in total. The molecule has 80 valence electrons. The Morgan fingerprint density at radius 3 is 1.46 bits per heavy atom. The van der Waals surface area contributed by atoms with Crippen LogP contribution in [-0.2, 0) is 0 Å². The first-order valence-corrected chi connectivity index (χ1v) is 4.56. The lowest BCUT2D eigenvalue weighted by atomic mass is 10.2. The third-order valence-electron chi connectivity index (χ3n) is 2.69. The minimum Gasteiger partial charge on any atom is -0.450 e. The van der Waals surface area contributed by atoms with Crippen molar-refractivity contribution in [3.8, 4) is 0 Å². The average Bonchev–Trinajstić information content (AvgIpc) is 2.01. The Morgan fingerprint density at radius 2 is 1.46 bits per heavy atom. The van der Waals surface area contributed by atoms with E-state index in [1.165, 1.54) is 17.6 Å². The second-order valence-electron chi connectivity index (χ2n) is 3.49. The van der Waals surface area contributed by atoms with Crippen molar-refractivity contribution in [2.24, 2.45) is 0 Å². The molecule has 0 atom stereocenters. The summed E-state index contributed by atoms with van der Waals surface area (Å²) >= 11 is 0. The normalized spacial score (nSPS) is 10.6. The van der Waals surface area contributed by atoms with E-state index < -0.39 is 6.16 Å². The van der Waals surface area contributed by atoms with Crippen molar-refractivity contribution >= 4 is 6.16 Å². The van der Waals surface area contributed by atoms with Gasteiger partial charge in [0.15, 0.2) is 0 Å². The zero-order valence-corrected chi connectivity index (χ0v) is 9.24. The third-order valence-corrected chi connectivity index (χ3v) is 2.69. The van der Waals surface area contributed by atoms with Crippen LogP contribution in [0.1, 0.15) is 27.7 Å². The van der Waals surface area contributed by atoms with Crippen LogP contribution >= 0.6 is 0 Å². The molecular weight excluding hydrogens is 170 g/mol. The Kier molecular flexibility index (Phi) is 7.61. The van der Waals surface area contributed by atoms with Gasteiger partial charge in [0.2, 0.25) is 0 Å². The van der Waals surface area contributed by atoms with Crippen LogP contribution in [0.25, 0.3) is 0 Å². The van der Waals surface area contributed by atoms with E-state index in [-0.39, 0.29) is 0 Å². The van der Waals surface area contributed by atoms with E-state index in [1.807, 2.05) is 0 Å². The van der Waals surface area contributed by atoms with Crippen LogP contribution in [0, 0.1) is 0 Å². The summed E-state index contributed by atoms with van der Waals surface area (Å²) in [4.78, 5) is 8.56. The molecule has 0 aliphatic rings. The molecule has 4 nitrogen and oxygen atoms in total. The predicted molar refractivity (Wildman–Crippen MR) is 53.1 cm³/mol. The summed E-state index contributed by atoms with van der Waals surface area (Å²) in [5.41, 5.74) is 0.